The van der Waals surface area contributed by atoms with Crippen LogP contribution in [0.1, 0.15) is 32.3 Å². The Balaban J connectivity index is 2.47. The molecular weight excluding hydrogens is 244 g/mol. The van der Waals surface area contributed by atoms with Gasteiger partial charge in [0.2, 0.25) is 0 Å². The average molecular weight is 264 g/mol. The summed E-state index contributed by atoms with van der Waals surface area (Å²) in [5.74, 6) is 0.559. The molecule has 1 aromatic carbocycles. The largest absolute Gasteiger partial charge is 0.448 e. The second-order valence-electron chi connectivity index (χ2n) is 4.20. The van der Waals surface area contributed by atoms with Crippen molar-refractivity contribution < 1.29 is 9.53 Å². The van der Waals surface area contributed by atoms with E-state index >= 15 is 0 Å². The number of hydrogen-bond donors (Lipinski definition) is 0. The first-order chi connectivity index (χ1) is 8.63. The van der Waals surface area contributed by atoms with Crippen LogP contribution < -0.4 is 0 Å². The van der Waals surface area contributed by atoms with Crippen molar-refractivity contribution in [2.75, 3.05) is 0 Å². The van der Waals surface area contributed by atoms with E-state index in [2.05, 4.69) is 25.6 Å². The van der Waals surface area contributed by atoms with Gasteiger partial charge in [-0.05, 0) is 18.9 Å². The standard InChI is InChI=1S/C15H20O2S/c1-4-8-14(17-15(16)12(2)3)18-11-13-9-6-5-7-10-13/h5-7,9-10,14H,2,4,8,11H2,1,3H3. The highest BCUT2D eigenvalue weighted by atomic mass is 32.2. The van der Waals surface area contributed by atoms with Crippen LogP contribution in [0.15, 0.2) is 42.5 Å². The van der Waals surface area contributed by atoms with Crippen LogP contribution in [0.25, 0.3) is 0 Å². The minimum Gasteiger partial charge on any atom is -0.448 e. The van der Waals surface area contributed by atoms with Crippen LogP contribution in [0.3, 0.4) is 0 Å². The van der Waals surface area contributed by atoms with Crippen LogP contribution in [0.4, 0.5) is 0 Å². The average Bonchev–Trinajstić information content (AvgIpc) is 2.37. The third-order valence-corrected chi connectivity index (χ3v) is 3.59. The molecule has 0 radical (unpaired) electrons. The third-order valence-electron chi connectivity index (χ3n) is 2.39. The Bertz CT molecular complexity index is 387. The van der Waals surface area contributed by atoms with Crippen molar-refractivity contribution in [3.8, 4) is 0 Å². The number of ether oxygens (including phenoxy) is 1. The van der Waals surface area contributed by atoms with Crippen LogP contribution in [-0.2, 0) is 15.3 Å². The fourth-order valence-corrected chi connectivity index (χ4v) is 2.52. The summed E-state index contributed by atoms with van der Waals surface area (Å²) >= 11 is 1.66. The molecule has 0 fully saturated rings. The smallest absolute Gasteiger partial charge is 0.334 e. The van der Waals surface area contributed by atoms with Gasteiger partial charge in [0.25, 0.3) is 0 Å². The minimum absolute atomic E-state index is 0.0839. The van der Waals surface area contributed by atoms with E-state index in [0.717, 1.165) is 18.6 Å². The maximum atomic E-state index is 11.5. The summed E-state index contributed by atoms with van der Waals surface area (Å²) in [5.41, 5.74) is 1.62. The van der Waals surface area contributed by atoms with Gasteiger partial charge in [0.15, 0.2) is 0 Å². The van der Waals surface area contributed by atoms with Gasteiger partial charge >= 0.3 is 5.97 Å². The van der Waals surface area contributed by atoms with Crippen molar-refractivity contribution in [2.24, 2.45) is 0 Å². The lowest BCUT2D eigenvalue weighted by Gasteiger charge is -2.16. The maximum Gasteiger partial charge on any atom is 0.334 e. The van der Waals surface area contributed by atoms with E-state index in [1.807, 2.05) is 18.2 Å². The quantitative estimate of drug-likeness (QED) is 0.420. The monoisotopic (exact) mass is 264 g/mol. The molecule has 1 atom stereocenters. The molecule has 1 rings (SSSR count). The Morgan fingerprint density at radius 3 is 2.61 bits per heavy atom. The fourth-order valence-electron chi connectivity index (χ4n) is 1.40. The molecule has 0 amide bonds. The molecular formula is C15H20O2S. The number of benzene rings is 1. The first kappa shape index (κ1) is 14.8. The lowest BCUT2D eigenvalue weighted by Crippen LogP contribution is -2.15. The van der Waals surface area contributed by atoms with Crippen molar-refractivity contribution in [2.45, 2.75) is 37.9 Å². The summed E-state index contributed by atoms with van der Waals surface area (Å²) in [6, 6.07) is 10.2. The molecule has 0 saturated heterocycles. The molecule has 3 heteroatoms. The lowest BCUT2D eigenvalue weighted by molar-refractivity contribution is -0.140. The molecule has 0 heterocycles. The summed E-state index contributed by atoms with van der Waals surface area (Å²) in [7, 11) is 0. The molecule has 0 aromatic heterocycles. The summed E-state index contributed by atoms with van der Waals surface area (Å²) in [6.45, 7) is 7.36. The number of hydrogen-bond acceptors (Lipinski definition) is 3. The number of carbonyl (C=O) groups is 1. The fraction of sp³-hybridized carbons (Fsp3) is 0.400. The summed E-state index contributed by atoms with van der Waals surface area (Å²) in [4.78, 5) is 11.5. The van der Waals surface area contributed by atoms with E-state index < -0.39 is 0 Å². The molecule has 1 unspecified atom stereocenters. The van der Waals surface area contributed by atoms with E-state index in [-0.39, 0.29) is 11.4 Å². The predicted molar refractivity (Wildman–Crippen MR) is 77.3 cm³/mol. The highest BCUT2D eigenvalue weighted by molar-refractivity contribution is 7.99. The van der Waals surface area contributed by atoms with Crippen molar-refractivity contribution in [1.29, 1.82) is 0 Å². The SMILES string of the molecule is C=C(C)C(=O)OC(CCC)SCc1ccccc1. The van der Waals surface area contributed by atoms with Gasteiger partial charge in [-0.2, -0.15) is 0 Å². The summed E-state index contributed by atoms with van der Waals surface area (Å²) < 4.78 is 5.40. The zero-order valence-corrected chi connectivity index (χ0v) is 11.8. The Labute approximate surface area is 113 Å². The molecule has 0 bridgehead atoms. The number of esters is 1. The van der Waals surface area contributed by atoms with Crippen LogP contribution in [0, 0.1) is 0 Å². The maximum absolute atomic E-state index is 11.5. The third kappa shape index (κ3) is 5.41. The van der Waals surface area contributed by atoms with Crippen molar-refractivity contribution in [3.63, 3.8) is 0 Å². The van der Waals surface area contributed by atoms with Crippen molar-refractivity contribution in [3.05, 3.63) is 48.0 Å². The Kier molecular flexibility index (Phi) is 6.58. The summed E-state index contributed by atoms with van der Waals surface area (Å²) in [6.07, 6.45) is 1.87. The normalized spacial score (nSPS) is 11.9. The highest BCUT2D eigenvalue weighted by Crippen LogP contribution is 2.23. The van der Waals surface area contributed by atoms with Crippen LogP contribution >= 0.6 is 11.8 Å². The van der Waals surface area contributed by atoms with Gasteiger partial charge in [0.05, 0.1) is 0 Å². The second kappa shape index (κ2) is 7.98. The number of thioether (sulfide) groups is 1. The van der Waals surface area contributed by atoms with E-state index in [1.165, 1.54) is 5.56 Å². The van der Waals surface area contributed by atoms with E-state index in [4.69, 9.17) is 4.74 Å². The van der Waals surface area contributed by atoms with Crippen LogP contribution in [0.5, 0.6) is 0 Å². The van der Waals surface area contributed by atoms with Gasteiger partial charge in [0, 0.05) is 11.3 Å². The molecule has 2 nitrogen and oxygen atoms in total. The van der Waals surface area contributed by atoms with Crippen LogP contribution in [-0.4, -0.2) is 11.4 Å². The summed E-state index contributed by atoms with van der Waals surface area (Å²) in [5, 5.41) is 0. The van der Waals surface area contributed by atoms with Gasteiger partial charge in [-0.1, -0.05) is 50.3 Å². The number of carbonyl (C=O) groups excluding carboxylic acids is 1. The van der Waals surface area contributed by atoms with E-state index in [0.29, 0.717) is 5.57 Å². The molecule has 0 spiro atoms. The molecule has 0 aliphatic heterocycles. The second-order valence-corrected chi connectivity index (χ2v) is 5.35. The van der Waals surface area contributed by atoms with E-state index in [9.17, 15) is 4.79 Å². The molecule has 0 aliphatic carbocycles. The van der Waals surface area contributed by atoms with Gasteiger partial charge in [-0.15, -0.1) is 11.8 Å². The van der Waals surface area contributed by atoms with Crippen molar-refractivity contribution >= 4 is 17.7 Å². The zero-order chi connectivity index (χ0) is 13.4. The topological polar surface area (TPSA) is 26.3 Å². The van der Waals surface area contributed by atoms with Gasteiger partial charge < -0.3 is 4.74 Å². The molecule has 0 N–H and O–H groups in total. The van der Waals surface area contributed by atoms with Gasteiger partial charge in [-0.3, -0.25) is 0 Å². The Morgan fingerprint density at radius 2 is 2.06 bits per heavy atom. The Morgan fingerprint density at radius 1 is 1.39 bits per heavy atom. The molecule has 0 aliphatic rings. The molecule has 1 aromatic rings. The molecule has 98 valence electrons. The minimum atomic E-state index is -0.297. The van der Waals surface area contributed by atoms with Gasteiger partial charge in [0.1, 0.15) is 5.44 Å². The first-order valence-corrected chi connectivity index (χ1v) is 7.20. The molecule has 18 heavy (non-hydrogen) atoms. The van der Waals surface area contributed by atoms with Gasteiger partial charge in [-0.25, -0.2) is 4.79 Å². The predicted octanol–water partition coefficient (Wildman–Crippen LogP) is 4.17. The van der Waals surface area contributed by atoms with E-state index in [1.54, 1.807) is 18.7 Å². The van der Waals surface area contributed by atoms with Crippen LogP contribution in [0.2, 0.25) is 0 Å². The molecule has 0 saturated carbocycles. The lowest BCUT2D eigenvalue weighted by atomic mass is 10.2. The Hall–Kier alpha value is -1.22. The first-order valence-electron chi connectivity index (χ1n) is 6.15. The van der Waals surface area contributed by atoms with Crippen molar-refractivity contribution in [1.82, 2.24) is 0 Å². The highest BCUT2D eigenvalue weighted by Gasteiger charge is 2.14. The zero-order valence-electron chi connectivity index (χ0n) is 11.0. The number of rotatable bonds is 7.